The molecule has 1 saturated heterocycles. The molecule has 1 atom stereocenters. The average molecular weight is 349 g/mol. The summed E-state index contributed by atoms with van der Waals surface area (Å²) in [7, 11) is 0. The number of carbonyl (C=O) groups excluding carboxylic acids is 1. The molecule has 1 heterocycles. The summed E-state index contributed by atoms with van der Waals surface area (Å²) in [5.41, 5.74) is 0.936. The van der Waals surface area contributed by atoms with E-state index in [1.807, 2.05) is 13.0 Å². The van der Waals surface area contributed by atoms with E-state index in [0.29, 0.717) is 13.1 Å². The minimum atomic E-state index is -4.15. The van der Waals surface area contributed by atoms with E-state index >= 15 is 0 Å². The Balaban J connectivity index is 0.000000922. The van der Waals surface area contributed by atoms with E-state index in [-0.39, 0.29) is 0 Å². The van der Waals surface area contributed by atoms with E-state index in [9.17, 15) is 18.0 Å². The Kier molecular flexibility index (Phi) is 11.3. The summed E-state index contributed by atoms with van der Waals surface area (Å²) in [6, 6.07) is 0. The predicted molar refractivity (Wildman–Crippen MR) is 90.4 cm³/mol. The summed E-state index contributed by atoms with van der Waals surface area (Å²) in [6.45, 7) is 9.97. The lowest BCUT2D eigenvalue weighted by Gasteiger charge is -2.33. The van der Waals surface area contributed by atoms with Crippen molar-refractivity contribution in [1.82, 2.24) is 4.90 Å². The van der Waals surface area contributed by atoms with Crippen LogP contribution in [0, 0.1) is 11.8 Å². The summed E-state index contributed by atoms with van der Waals surface area (Å²) >= 11 is 0. The van der Waals surface area contributed by atoms with Crippen LogP contribution in [0.5, 0.6) is 0 Å². The van der Waals surface area contributed by atoms with Crippen molar-refractivity contribution in [1.29, 1.82) is 0 Å². The molecule has 0 radical (unpaired) electrons. The summed E-state index contributed by atoms with van der Waals surface area (Å²) < 4.78 is 41.6. The number of alkyl halides is 3. The number of carbonyl (C=O) groups is 1. The molecule has 0 saturated carbocycles. The fourth-order valence-electron chi connectivity index (χ4n) is 2.20. The van der Waals surface area contributed by atoms with Gasteiger partial charge in [0.05, 0.1) is 12.5 Å². The highest BCUT2D eigenvalue weighted by molar-refractivity contribution is 5.36. The van der Waals surface area contributed by atoms with Crippen LogP contribution in [-0.2, 0) is 9.53 Å². The summed E-state index contributed by atoms with van der Waals surface area (Å²) in [5, 5.41) is 0. The van der Waals surface area contributed by atoms with Gasteiger partial charge in [0.25, 0.3) is 6.47 Å². The number of allylic oxidation sites excluding steroid dienone is 3. The molecule has 0 bridgehead atoms. The Morgan fingerprint density at radius 1 is 1.29 bits per heavy atom. The van der Waals surface area contributed by atoms with E-state index in [0.717, 1.165) is 44.0 Å². The van der Waals surface area contributed by atoms with Gasteiger partial charge in [-0.25, -0.2) is 0 Å². The van der Waals surface area contributed by atoms with Gasteiger partial charge in [-0.2, -0.15) is 13.2 Å². The molecular formula is C18H30F3NO2. The highest BCUT2D eigenvalue weighted by Gasteiger charge is 2.33. The van der Waals surface area contributed by atoms with Gasteiger partial charge in [-0.3, -0.25) is 4.79 Å². The van der Waals surface area contributed by atoms with E-state index in [4.69, 9.17) is 0 Å². The molecule has 1 aliphatic rings. The van der Waals surface area contributed by atoms with Crippen molar-refractivity contribution in [3.8, 4) is 0 Å². The van der Waals surface area contributed by atoms with Crippen molar-refractivity contribution in [2.24, 2.45) is 11.8 Å². The standard InChI is InChI=1S/C15H24F3N.C3H6O2/c1-4-5-14(7-6-13(3)15(16,17)18)19-10-8-12(2)9-11-19;1-2-5-3-4/h5-7,12-13H,4,8-11H2,1-3H3;3H,2H2,1H3/b7-6-,14-5+;. The predicted octanol–water partition coefficient (Wildman–Crippen LogP) is 4.95. The molecule has 0 aromatic heterocycles. The molecule has 1 rings (SSSR count). The molecule has 1 fully saturated rings. The second-order valence-corrected chi connectivity index (χ2v) is 5.95. The molecule has 0 amide bonds. The van der Waals surface area contributed by atoms with Crippen LogP contribution >= 0.6 is 0 Å². The molecule has 0 N–H and O–H groups in total. The normalized spacial score (nSPS) is 18.1. The fraction of sp³-hybridized carbons (Fsp3) is 0.722. The molecule has 140 valence electrons. The molecule has 0 aliphatic carbocycles. The van der Waals surface area contributed by atoms with Crippen LogP contribution in [0.1, 0.15) is 47.0 Å². The molecule has 0 aromatic rings. The number of hydrogen-bond acceptors (Lipinski definition) is 3. The van der Waals surface area contributed by atoms with Crippen molar-refractivity contribution in [2.75, 3.05) is 19.7 Å². The van der Waals surface area contributed by atoms with Gasteiger partial charge < -0.3 is 9.64 Å². The van der Waals surface area contributed by atoms with Crippen LogP contribution in [-0.4, -0.2) is 37.2 Å². The lowest BCUT2D eigenvalue weighted by Crippen LogP contribution is -2.31. The van der Waals surface area contributed by atoms with Crippen LogP contribution in [0.2, 0.25) is 0 Å². The second kappa shape index (κ2) is 12.0. The molecule has 0 spiro atoms. The van der Waals surface area contributed by atoms with Crippen molar-refractivity contribution in [3.63, 3.8) is 0 Å². The number of hydrogen-bond donors (Lipinski definition) is 0. The highest BCUT2D eigenvalue weighted by Crippen LogP contribution is 2.28. The smallest absolute Gasteiger partial charge is 0.394 e. The van der Waals surface area contributed by atoms with Gasteiger partial charge >= 0.3 is 6.18 Å². The van der Waals surface area contributed by atoms with E-state index in [1.165, 1.54) is 13.0 Å². The van der Waals surface area contributed by atoms with Gasteiger partial charge in [0.1, 0.15) is 0 Å². The zero-order valence-corrected chi connectivity index (χ0v) is 15.1. The Morgan fingerprint density at radius 2 is 1.88 bits per heavy atom. The SMILES string of the molecule is CC/C=C(\C=C/C(C)C(F)(F)F)N1CCC(C)CC1.CCOC=O. The number of nitrogens with zero attached hydrogens (tertiary/aromatic N) is 1. The minimum absolute atomic E-state index is 0.431. The summed E-state index contributed by atoms with van der Waals surface area (Å²) in [6.07, 6.45) is 3.83. The second-order valence-electron chi connectivity index (χ2n) is 5.95. The molecular weight excluding hydrogens is 319 g/mol. The quantitative estimate of drug-likeness (QED) is 0.502. The third kappa shape index (κ3) is 9.63. The Labute approximate surface area is 143 Å². The van der Waals surface area contributed by atoms with Crippen molar-refractivity contribution in [2.45, 2.75) is 53.1 Å². The first-order chi connectivity index (χ1) is 11.3. The van der Waals surface area contributed by atoms with Gasteiger partial charge in [-0.1, -0.05) is 32.9 Å². The highest BCUT2D eigenvalue weighted by atomic mass is 19.4. The maximum Gasteiger partial charge on any atom is 0.394 e. The maximum atomic E-state index is 12.5. The first-order valence-electron chi connectivity index (χ1n) is 8.51. The number of ether oxygens (including phenoxy) is 1. The van der Waals surface area contributed by atoms with Crippen molar-refractivity contribution in [3.05, 3.63) is 23.9 Å². The average Bonchev–Trinajstić information content (AvgIpc) is 2.52. The molecule has 3 nitrogen and oxygen atoms in total. The third-order valence-corrected chi connectivity index (χ3v) is 3.87. The molecule has 1 aliphatic heterocycles. The number of piperidine rings is 1. The van der Waals surface area contributed by atoms with Crippen LogP contribution < -0.4 is 0 Å². The van der Waals surface area contributed by atoms with Gasteiger partial charge in [0, 0.05) is 18.8 Å². The van der Waals surface area contributed by atoms with E-state index < -0.39 is 12.1 Å². The Hall–Kier alpha value is -1.46. The molecule has 0 aromatic carbocycles. The van der Waals surface area contributed by atoms with Crippen LogP contribution in [0.4, 0.5) is 13.2 Å². The minimum Gasteiger partial charge on any atom is -0.468 e. The lowest BCUT2D eigenvalue weighted by atomic mass is 9.98. The third-order valence-electron chi connectivity index (χ3n) is 3.87. The number of likely N-dealkylation sites (tertiary alicyclic amines) is 1. The zero-order valence-electron chi connectivity index (χ0n) is 15.1. The Morgan fingerprint density at radius 3 is 2.25 bits per heavy atom. The maximum absolute atomic E-state index is 12.5. The van der Waals surface area contributed by atoms with E-state index in [1.54, 1.807) is 13.0 Å². The number of rotatable bonds is 6. The Bertz CT molecular complexity index is 398. The number of halogens is 3. The van der Waals surface area contributed by atoms with Gasteiger partial charge in [-0.05, 0) is 38.2 Å². The fourth-order valence-corrected chi connectivity index (χ4v) is 2.20. The molecule has 1 unspecified atom stereocenters. The first kappa shape index (κ1) is 22.5. The molecule has 6 heteroatoms. The zero-order chi connectivity index (χ0) is 18.6. The first-order valence-corrected chi connectivity index (χ1v) is 8.51. The lowest BCUT2D eigenvalue weighted by molar-refractivity contribution is -0.156. The summed E-state index contributed by atoms with van der Waals surface area (Å²) in [4.78, 5) is 11.4. The van der Waals surface area contributed by atoms with Gasteiger partial charge in [-0.15, -0.1) is 0 Å². The summed E-state index contributed by atoms with van der Waals surface area (Å²) in [5.74, 6) is -0.673. The topological polar surface area (TPSA) is 29.5 Å². The van der Waals surface area contributed by atoms with Crippen LogP contribution in [0.25, 0.3) is 0 Å². The van der Waals surface area contributed by atoms with E-state index in [2.05, 4.69) is 16.6 Å². The van der Waals surface area contributed by atoms with Gasteiger partial charge in [0.2, 0.25) is 0 Å². The van der Waals surface area contributed by atoms with Gasteiger partial charge in [0.15, 0.2) is 0 Å². The van der Waals surface area contributed by atoms with Crippen LogP contribution in [0.15, 0.2) is 23.9 Å². The molecule has 24 heavy (non-hydrogen) atoms. The largest absolute Gasteiger partial charge is 0.468 e. The monoisotopic (exact) mass is 349 g/mol. The van der Waals surface area contributed by atoms with Crippen molar-refractivity contribution >= 4 is 6.47 Å². The van der Waals surface area contributed by atoms with Crippen LogP contribution in [0.3, 0.4) is 0 Å². The van der Waals surface area contributed by atoms with Crippen molar-refractivity contribution < 1.29 is 22.7 Å².